The molecule has 0 saturated heterocycles. The number of anilines is 2. The fourth-order valence-corrected chi connectivity index (χ4v) is 4.60. The predicted molar refractivity (Wildman–Crippen MR) is 132 cm³/mol. The van der Waals surface area contributed by atoms with Crippen molar-refractivity contribution in [2.24, 2.45) is 0 Å². The summed E-state index contributed by atoms with van der Waals surface area (Å²) >= 11 is 6.45. The van der Waals surface area contributed by atoms with Crippen LogP contribution in [0, 0.1) is 27.7 Å². The van der Waals surface area contributed by atoms with E-state index in [2.05, 4.69) is 37.8 Å². The Morgan fingerprint density at radius 1 is 0.935 bits per heavy atom. The van der Waals surface area contributed by atoms with Crippen molar-refractivity contribution < 1.29 is 0 Å². The van der Waals surface area contributed by atoms with Crippen LogP contribution in [-0.2, 0) is 0 Å². The van der Waals surface area contributed by atoms with E-state index in [1.54, 1.807) is 48.0 Å². The summed E-state index contributed by atoms with van der Waals surface area (Å²) in [5, 5.41) is 0.669. The van der Waals surface area contributed by atoms with Gasteiger partial charge < -0.3 is 16.5 Å². The molecular weight excluding hydrogens is 500 g/mol. The molecule has 0 bridgehead atoms. The molecule has 4 aromatic heterocycles. The van der Waals surface area contributed by atoms with Gasteiger partial charge in [-0.25, -0.2) is 9.97 Å². The van der Waals surface area contributed by atoms with Gasteiger partial charge in [0.15, 0.2) is 9.05 Å². The highest BCUT2D eigenvalue weighted by atomic mass is 79.9. The minimum atomic E-state index is -0.229. The van der Waals surface area contributed by atoms with Gasteiger partial charge in [-0.05, 0) is 67.9 Å². The fourth-order valence-electron chi connectivity index (χ4n) is 2.09. The number of aryl methyl sites for hydroxylation is 4. The zero-order valence-electron chi connectivity index (χ0n) is 17.5. The highest BCUT2D eigenvalue weighted by molar-refractivity contribution is 9.11. The minimum Gasteiger partial charge on any atom is -0.394 e. The molecule has 4 aromatic rings. The zero-order chi connectivity index (χ0) is 23.1. The summed E-state index contributed by atoms with van der Waals surface area (Å²) in [6.07, 6.45) is 3.22. The lowest BCUT2D eigenvalue weighted by molar-refractivity contribution is 0.966. The zero-order valence-corrected chi connectivity index (χ0v) is 20.7. The van der Waals surface area contributed by atoms with E-state index < -0.39 is 0 Å². The largest absolute Gasteiger partial charge is 0.394 e. The lowest BCUT2D eigenvalue weighted by Crippen LogP contribution is -2.20. The summed E-state index contributed by atoms with van der Waals surface area (Å²) in [4.78, 5) is 35.4. The highest BCUT2D eigenvalue weighted by Gasteiger charge is 2.08. The van der Waals surface area contributed by atoms with Crippen LogP contribution in [0.2, 0.25) is 0 Å². The number of nitrogens with zero attached hydrogens (tertiary/aromatic N) is 3. The summed E-state index contributed by atoms with van der Waals surface area (Å²) in [5.41, 5.74) is 12.8. The van der Waals surface area contributed by atoms with Crippen LogP contribution in [0.5, 0.6) is 0 Å². The smallest absolute Gasteiger partial charge is 0.280 e. The maximum Gasteiger partial charge on any atom is 0.280 e. The van der Waals surface area contributed by atoms with E-state index in [0.717, 1.165) is 20.2 Å². The standard InChI is InChI=1S/C10H11N3OS.C5H6BrNS.C5H6N2O/c1-6-7(2)15-10(12-6)13-5-3-4-8(11)9(13)14;1-3-4(2)8-5(6)7-3;6-4-2-1-3-7-5(4)8/h3-5H,11H2,1-2H3;1-2H3;1-3H,6H2,(H,7,8). The second kappa shape index (κ2) is 11.0. The number of thiazole rings is 2. The molecule has 0 saturated carbocycles. The molecule has 164 valence electrons. The van der Waals surface area contributed by atoms with Crippen LogP contribution in [0.25, 0.3) is 5.13 Å². The Hall–Kier alpha value is -2.76. The summed E-state index contributed by atoms with van der Waals surface area (Å²) in [6.45, 7) is 7.98. The monoisotopic (exact) mass is 522 g/mol. The molecule has 0 radical (unpaired) electrons. The molecule has 0 unspecified atom stereocenters. The molecule has 0 amide bonds. The third-order valence-corrected chi connectivity index (χ3v) is 6.65. The summed E-state index contributed by atoms with van der Waals surface area (Å²) in [6, 6.07) is 6.56. The molecule has 0 aromatic carbocycles. The third-order valence-electron chi connectivity index (χ3n) is 4.05. The Kier molecular flexibility index (Phi) is 8.72. The second-order valence-electron chi connectivity index (χ2n) is 6.34. The molecule has 0 atom stereocenters. The van der Waals surface area contributed by atoms with Gasteiger partial charge in [-0.3, -0.25) is 14.2 Å². The number of aromatic nitrogens is 4. The summed E-state index contributed by atoms with van der Waals surface area (Å²) < 4.78 is 2.45. The van der Waals surface area contributed by atoms with Crippen molar-refractivity contribution in [2.45, 2.75) is 27.7 Å². The Labute approximate surface area is 195 Å². The van der Waals surface area contributed by atoms with E-state index in [1.165, 1.54) is 20.8 Å². The number of nitrogen functional groups attached to an aromatic ring is 2. The Bertz CT molecular complexity index is 1240. The van der Waals surface area contributed by atoms with Crippen LogP contribution in [0.1, 0.15) is 21.1 Å². The number of rotatable bonds is 1. The summed E-state index contributed by atoms with van der Waals surface area (Å²) in [5.74, 6) is 0. The van der Waals surface area contributed by atoms with Crippen molar-refractivity contribution in [3.05, 3.63) is 82.4 Å². The first-order valence-electron chi connectivity index (χ1n) is 9.04. The summed E-state index contributed by atoms with van der Waals surface area (Å²) in [7, 11) is 0. The number of nitrogens with one attached hydrogen (secondary N) is 1. The van der Waals surface area contributed by atoms with Gasteiger partial charge in [-0.15, -0.1) is 22.7 Å². The number of hydrogen-bond donors (Lipinski definition) is 3. The van der Waals surface area contributed by atoms with E-state index in [0.29, 0.717) is 5.13 Å². The molecule has 0 aliphatic heterocycles. The van der Waals surface area contributed by atoms with Gasteiger partial charge in [0.1, 0.15) is 0 Å². The first kappa shape index (κ1) is 24.5. The lowest BCUT2D eigenvalue weighted by Gasteiger charge is -2.00. The quantitative estimate of drug-likeness (QED) is 0.346. The van der Waals surface area contributed by atoms with Crippen molar-refractivity contribution in [2.75, 3.05) is 11.5 Å². The Morgan fingerprint density at radius 2 is 1.55 bits per heavy atom. The molecule has 0 aliphatic carbocycles. The Balaban J connectivity index is 0.000000181. The van der Waals surface area contributed by atoms with E-state index in [-0.39, 0.29) is 22.5 Å². The molecule has 11 heteroatoms. The van der Waals surface area contributed by atoms with Crippen LogP contribution in [0.3, 0.4) is 0 Å². The fraction of sp³-hybridized carbons (Fsp3) is 0.200. The number of H-pyrrole nitrogens is 1. The van der Waals surface area contributed by atoms with Crippen LogP contribution in [-0.4, -0.2) is 19.5 Å². The molecular formula is C20H23BrN6O2S2. The number of hydrogen-bond acceptors (Lipinski definition) is 8. The first-order chi connectivity index (χ1) is 14.6. The van der Waals surface area contributed by atoms with Crippen molar-refractivity contribution in [1.29, 1.82) is 0 Å². The lowest BCUT2D eigenvalue weighted by atomic mass is 10.4. The average Bonchev–Trinajstić information content (AvgIpc) is 3.20. The highest BCUT2D eigenvalue weighted by Crippen LogP contribution is 2.21. The van der Waals surface area contributed by atoms with E-state index in [9.17, 15) is 9.59 Å². The minimum absolute atomic E-state index is 0.216. The molecule has 0 fully saturated rings. The van der Waals surface area contributed by atoms with Gasteiger partial charge in [0.2, 0.25) is 0 Å². The molecule has 4 rings (SSSR count). The van der Waals surface area contributed by atoms with Crippen LogP contribution < -0.4 is 22.6 Å². The van der Waals surface area contributed by atoms with E-state index >= 15 is 0 Å². The van der Waals surface area contributed by atoms with E-state index in [1.807, 2.05) is 20.8 Å². The second-order valence-corrected chi connectivity index (χ2v) is 10.0. The maximum atomic E-state index is 11.7. The molecule has 0 spiro atoms. The van der Waals surface area contributed by atoms with Gasteiger partial charge in [0.05, 0.1) is 22.8 Å². The number of aromatic amines is 1. The molecule has 8 nitrogen and oxygen atoms in total. The van der Waals surface area contributed by atoms with Gasteiger partial charge in [-0.1, -0.05) is 0 Å². The van der Waals surface area contributed by atoms with Gasteiger partial charge in [-0.2, -0.15) is 0 Å². The van der Waals surface area contributed by atoms with Crippen LogP contribution >= 0.6 is 38.6 Å². The van der Waals surface area contributed by atoms with Crippen molar-refractivity contribution in [3.8, 4) is 5.13 Å². The normalized spacial score (nSPS) is 9.97. The molecule has 4 heterocycles. The van der Waals surface area contributed by atoms with E-state index in [4.69, 9.17) is 11.5 Å². The SMILES string of the molecule is Cc1nc(-n2cccc(N)c2=O)sc1C.Cc1nc(Br)sc1C.Nc1ccc[nH]c1=O. The van der Waals surface area contributed by atoms with Crippen molar-refractivity contribution in [1.82, 2.24) is 19.5 Å². The number of pyridine rings is 2. The van der Waals surface area contributed by atoms with Gasteiger partial charge in [0.25, 0.3) is 11.1 Å². The van der Waals surface area contributed by atoms with Crippen LogP contribution in [0.4, 0.5) is 11.4 Å². The Morgan fingerprint density at radius 3 is 1.97 bits per heavy atom. The number of halogens is 1. The van der Waals surface area contributed by atoms with Crippen molar-refractivity contribution >= 4 is 50.0 Å². The third kappa shape index (κ3) is 6.88. The van der Waals surface area contributed by atoms with Gasteiger partial charge in [0, 0.05) is 22.1 Å². The molecule has 0 aliphatic rings. The predicted octanol–water partition coefficient (Wildman–Crippen LogP) is 3.97. The van der Waals surface area contributed by atoms with Gasteiger partial charge >= 0.3 is 0 Å². The van der Waals surface area contributed by atoms with Crippen molar-refractivity contribution in [3.63, 3.8) is 0 Å². The van der Waals surface area contributed by atoms with Crippen LogP contribution in [0.15, 0.2) is 50.2 Å². The number of nitrogens with two attached hydrogens (primary N) is 2. The topological polar surface area (TPSA) is 133 Å². The first-order valence-corrected chi connectivity index (χ1v) is 11.5. The average molecular weight is 523 g/mol. The maximum absolute atomic E-state index is 11.7. The molecule has 31 heavy (non-hydrogen) atoms. The molecule has 5 N–H and O–H groups in total.